The summed E-state index contributed by atoms with van der Waals surface area (Å²) in [5.41, 5.74) is 1.77. The predicted octanol–water partition coefficient (Wildman–Crippen LogP) is 3.14. The van der Waals surface area contributed by atoms with Gasteiger partial charge in [0.1, 0.15) is 5.75 Å². The van der Waals surface area contributed by atoms with Crippen LogP contribution >= 0.6 is 11.6 Å². The summed E-state index contributed by atoms with van der Waals surface area (Å²) in [6, 6.07) is 12.2. The maximum absolute atomic E-state index is 12.7. The second kappa shape index (κ2) is 8.88. The second-order valence-electron chi connectivity index (χ2n) is 6.20. The quantitative estimate of drug-likeness (QED) is 0.854. The van der Waals surface area contributed by atoms with Crippen LogP contribution in [0.1, 0.15) is 15.9 Å². The highest BCUT2D eigenvalue weighted by Crippen LogP contribution is 2.22. The van der Waals surface area contributed by atoms with Crippen molar-refractivity contribution in [3.8, 4) is 5.75 Å². The summed E-state index contributed by atoms with van der Waals surface area (Å²) >= 11 is 5.92. The van der Waals surface area contributed by atoms with Gasteiger partial charge in [-0.15, -0.1) is 0 Å². The van der Waals surface area contributed by atoms with Crippen LogP contribution in [0.2, 0.25) is 5.02 Å². The van der Waals surface area contributed by atoms with Gasteiger partial charge in [0.25, 0.3) is 11.8 Å². The number of benzene rings is 2. The fourth-order valence-corrected chi connectivity index (χ4v) is 3.05. The molecule has 2 amide bonds. The minimum atomic E-state index is -0.341. The zero-order valence-corrected chi connectivity index (χ0v) is 15.8. The summed E-state index contributed by atoms with van der Waals surface area (Å²) in [4.78, 5) is 26.8. The molecule has 7 heteroatoms. The minimum Gasteiger partial charge on any atom is -0.483 e. The van der Waals surface area contributed by atoms with E-state index in [-0.39, 0.29) is 18.4 Å². The van der Waals surface area contributed by atoms with E-state index in [0.29, 0.717) is 48.3 Å². The van der Waals surface area contributed by atoms with Crippen molar-refractivity contribution in [2.24, 2.45) is 0 Å². The van der Waals surface area contributed by atoms with Gasteiger partial charge in [-0.1, -0.05) is 23.7 Å². The SMILES string of the molecule is Cc1cc(Cl)ccc1OCC(=O)Nc1ccccc1C(=O)N1CCOCC1. The number of hydrogen-bond donors (Lipinski definition) is 1. The number of halogens is 1. The number of carbonyl (C=O) groups excluding carboxylic acids is 2. The molecule has 1 aliphatic heterocycles. The fourth-order valence-electron chi connectivity index (χ4n) is 2.82. The molecule has 2 aromatic carbocycles. The maximum Gasteiger partial charge on any atom is 0.262 e. The smallest absolute Gasteiger partial charge is 0.262 e. The van der Waals surface area contributed by atoms with Crippen LogP contribution in [0.15, 0.2) is 42.5 Å². The van der Waals surface area contributed by atoms with Gasteiger partial charge in [-0.2, -0.15) is 0 Å². The van der Waals surface area contributed by atoms with E-state index in [1.54, 1.807) is 47.4 Å². The van der Waals surface area contributed by atoms with E-state index in [1.165, 1.54) is 0 Å². The van der Waals surface area contributed by atoms with E-state index in [9.17, 15) is 9.59 Å². The summed E-state index contributed by atoms with van der Waals surface area (Å²) in [6.07, 6.45) is 0. The summed E-state index contributed by atoms with van der Waals surface area (Å²) in [5, 5.41) is 3.37. The summed E-state index contributed by atoms with van der Waals surface area (Å²) < 4.78 is 10.8. The first-order valence-corrected chi connectivity index (χ1v) is 9.07. The van der Waals surface area contributed by atoms with Crippen LogP contribution in [0.5, 0.6) is 5.75 Å². The van der Waals surface area contributed by atoms with Crippen molar-refractivity contribution >= 4 is 29.1 Å². The Balaban J connectivity index is 1.64. The molecule has 0 bridgehead atoms. The lowest BCUT2D eigenvalue weighted by Gasteiger charge is -2.27. The Labute approximate surface area is 163 Å². The predicted molar refractivity (Wildman–Crippen MR) is 103 cm³/mol. The Morgan fingerprint density at radius 1 is 1.19 bits per heavy atom. The number of carbonyl (C=O) groups is 2. The lowest BCUT2D eigenvalue weighted by molar-refractivity contribution is -0.118. The van der Waals surface area contributed by atoms with E-state index < -0.39 is 0 Å². The van der Waals surface area contributed by atoms with E-state index in [1.807, 2.05) is 6.92 Å². The van der Waals surface area contributed by atoms with E-state index in [2.05, 4.69) is 5.32 Å². The van der Waals surface area contributed by atoms with Gasteiger partial charge in [-0.05, 0) is 42.8 Å². The third kappa shape index (κ3) is 4.99. The standard InChI is InChI=1S/C20H21ClN2O4/c1-14-12-15(21)6-7-18(14)27-13-19(24)22-17-5-3-2-4-16(17)20(25)23-8-10-26-11-9-23/h2-7,12H,8-11,13H2,1H3,(H,22,24). The third-order valence-electron chi connectivity index (χ3n) is 4.23. The summed E-state index contributed by atoms with van der Waals surface area (Å²) in [6.45, 7) is 3.82. The first-order chi connectivity index (χ1) is 13.0. The average Bonchev–Trinajstić information content (AvgIpc) is 2.68. The van der Waals surface area contributed by atoms with Gasteiger partial charge < -0.3 is 19.7 Å². The number of amides is 2. The highest BCUT2D eigenvalue weighted by molar-refractivity contribution is 6.30. The van der Waals surface area contributed by atoms with Gasteiger partial charge in [0.05, 0.1) is 24.5 Å². The van der Waals surface area contributed by atoms with Gasteiger partial charge in [0.15, 0.2) is 6.61 Å². The molecule has 6 nitrogen and oxygen atoms in total. The highest BCUT2D eigenvalue weighted by Gasteiger charge is 2.21. The molecule has 0 unspecified atom stereocenters. The Morgan fingerprint density at radius 3 is 2.67 bits per heavy atom. The number of aryl methyl sites for hydroxylation is 1. The Kier molecular flexibility index (Phi) is 6.32. The molecule has 1 fully saturated rings. The van der Waals surface area contributed by atoms with Crippen molar-refractivity contribution in [2.45, 2.75) is 6.92 Å². The first kappa shape index (κ1) is 19.2. The number of ether oxygens (including phenoxy) is 2. The van der Waals surface area contributed by atoms with E-state index in [4.69, 9.17) is 21.1 Å². The average molecular weight is 389 g/mol. The number of morpholine rings is 1. The lowest BCUT2D eigenvalue weighted by atomic mass is 10.1. The molecular formula is C20H21ClN2O4. The Bertz CT molecular complexity index is 834. The number of rotatable bonds is 5. The van der Waals surface area contributed by atoms with Crippen molar-refractivity contribution in [3.63, 3.8) is 0 Å². The van der Waals surface area contributed by atoms with Gasteiger partial charge >= 0.3 is 0 Å². The molecule has 0 aliphatic carbocycles. The van der Waals surface area contributed by atoms with Crippen molar-refractivity contribution < 1.29 is 19.1 Å². The molecule has 0 atom stereocenters. The lowest BCUT2D eigenvalue weighted by Crippen LogP contribution is -2.41. The zero-order chi connectivity index (χ0) is 19.2. The van der Waals surface area contributed by atoms with Crippen LogP contribution in [-0.4, -0.2) is 49.6 Å². The number of nitrogens with zero attached hydrogens (tertiary/aromatic N) is 1. The van der Waals surface area contributed by atoms with Crippen LogP contribution < -0.4 is 10.1 Å². The van der Waals surface area contributed by atoms with Crippen molar-refractivity contribution in [2.75, 3.05) is 38.2 Å². The fraction of sp³-hybridized carbons (Fsp3) is 0.300. The van der Waals surface area contributed by atoms with Crippen molar-refractivity contribution in [1.82, 2.24) is 4.90 Å². The molecule has 0 spiro atoms. The van der Waals surface area contributed by atoms with Gasteiger partial charge in [0.2, 0.25) is 0 Å². The van der Waals surface area contributed by atoms with E-state index >= 15 is 0 Å². The van der Waals surface area contributed by atoms with Crippen LogP contribution in [-0.2, 0) is 9.53 Å². The number of nitrogens with one attached hydrogen (secondary N) is 1. The van der Waals surface area contributed by atoms with Gasteiger partial charge in [-0.3, -0.25) is 9.59 Å². The van der Waals surface area contributed by atoms with Crippen LogP contribution in [0.25, 0.3) is 0 Å². The molecule has 0 aromatic heterocycles. The highest BCUT2D eigenvalue weighted by atomic mass is 35.5. The molecule has 1 saturated heterocycles. The molecule has 2 aromatic rings. The normalized spacial score (nSPS) is 13.9. The topological polar surface area (TPSA) is 67.9 Å². The Morgan fingerprint density at radius 2 is 1.93 bits per heavy atom. The molecule has 1 N–H and O–H groups in total. The van der Waals surface area contributed by atoms with Crippen LogP contribution in [0.4, 0.5) is 5.69 Å². The van der Waals surface area contributed by atoms with Crippen molar-refractivity contribution in [3.05, 3.63) is 58.6 Å². The summed E-state index contributed by atoms with van der Waals surface area (Å²) in [5.74, 6) is 0.127. The molecule has 1 aliphatic rings. The number of para-hydroxylation sites is 1. The minimum absolute atomic E-state index is 0.122. The Hall–Kier alpha value is -2.57. The molecule has 3 rings (SSSR count). The van der Waals surface area contributed by atoms with Gasteiger partial charge in [-0.25, -0.2) is 0 Å². The third-order valence-corrected chi connectivity index (χ3v) is 4.46. The second-order valence-corrected chi connectivity index (χ2v) is 6.63. The van der Waals surface area contributed by atoms with Crippen LogP contribution in [0.3, 0.4) is 0 Å². The maximum atomic E-state index is 12.7. The van der Waals surface area contributed by atoms with Crippen molar-refractivity contribution in [1.29, 1.82) is 0 Å². The molecule has 27 heavy (non-hydrogen) atoms. The number of hydrogen-bond acceptors (Lipinski definition) is 4. The largest absolute Gasteiger partial charge is 0.483 e. The summed E-state index contributed by atoms with van der Waals surface area (Å²) in [7, 11) is 0. The van der Waals surface area contributed by atoms with E-state index in [0.717, 1.165) is 5.56 Å². The number of anilines is 1. The molecule has 1 heterocycles. The molecule has 0 saturated carbocycles. The molecular weight excluding hydrogens is 368 g/mol. The monoisotopic (exact) mass is 388 g/mol. The first-order valence-electron chi connectivity index (χ1n) is 8.69. The van der Waals surface area contributed by atoms with Gasteiger partial charge in [0, 0.05) is 18.1 Å². The van der Waals surface area contributed by atoms with Crippen LogP contribution in [0, 0.1) is 6.92 Å². The molecule has 0 radical (unpaired) electrons. The molecule has 142 valence electrons. The zero-order valence-electron chi connectivity index (χ0n) is 15.0.